The molecule has 6 bridgehead atoms. The van der Waals surface area contributed by atoms with Gasteiger partial charge in [0, 0.05) is 51.2 Å². The van der Waals surface area contributed by atoms with E-state index in [0.29, 0.717) is 39.2 Å². The molecule has 5 fully saturated rings. The molecular formula is C28H37FN4O7. The van der Waals surface area contributed by atoms with E-state index in [4.69, 9.17) is 9.47 Å². The Morgan fingerprint density at radius 3 is 2.52 bits per heavy atom. The second-order valence-corrected chi connectivity index (χ2v) is 11.8. The van der Waals surface area contributed by atoms with Gasteiger partial charge in [0.05, 0.1) is 31.3 Å². The van der Waals surface area contributed by atoms with Gasteiger partial charge in [-0.3, -0.25) is 19.3 Å². The minimum Gasteiger partial charge on any atom is -0.388 e. The van der Waals surface area contributed by atoms with Crippen LogP contribution in [0.5, 0.6) is 0 Å². The number of hydrogen-bond acceptors (Lipinski definition) is 8. The van der Waals surface area contributed by atoms with Crippen LogP contribution >= 0.6 is 0 Å². The lowest BCUT2D eigenvalue weighted by atomic mass is 10.0. The first-order valence-corrected chi connectivity index (χ1v) is 14.2. The zero-order valence-corrected chi connectivity index (χ0v) is 22.4. The number of nitrogens with one attached hydrogen (secondary N) is 1. The van der Waals surface area contributed by atoms with Crippen molar-refractivity contribution in [1.82, 2.24) is 20.0 Å². The molecule has 7 atom stereocenters. The van der Waals surface area contributed by atoms with Gasteiger partial charge in [0.1, 0.15) is 24.1 Å². The van der Waals surface area contributed by atoms with E-state index in [2.05, 4.69) is 5.32 Å². The van der Waals surface area contributed by atoms with Crippen LogP contribution in [0, 0.1) is 11.7 Å². The number of rotatable bonds is 3. The Bertz CT molecular complexity index is 1120. The van der Waals surface area contributed by atoms with Gasteiger partial charge in [-0.05, 0) is 37.0 Å². The third kappa shape index (κ3) is 5.87. The summed E-state index contributed by atoms with van der Waals surface area (Å²) in [5.41, 5.74) is 0.855. The average Bonchev–Trinajstić information content (AvgIpc) is 3.67. The lowest BCUT2D eigenvalue weighted by molar-refractivity contribution is -0.147. The summed E-state index contributed by atoms with van der Waals surface area (Å²) in [4.78, 5) is 45.5. The van der Waals surface area contributed by atoms with E-state index in [1.165, 1.54) is 12.1 Å². The van der Waals surface area contributed by atoms with Crippen LogP contribution in [0.25, 0.3) is 0 Å². The Kier molecular flexibility index (Phi) is 7.79. The number of morpholine rings is 1. The summed E-state index contributed by atoms with van der Waals surface area (Å²) < 4.78 is 25.4. The first-order chi connectivity index (χ1) is 19.2. The van der Waals surface area contributed by atoms with Crippen LogP contribution in [-0.4, -0.2) is 125 Å². The molecule has 40 heavy (non-hydrogen) atoms. The lowest BCUT2D eigenvalue weighted by Gasteiger charge is -2.38. The van der Waals surface area contributed by atoms with E-state index < -0.39 is 36.6 Å². The smallest absolute Gasteiger partial charge is 0.240 e. The van der Waals surface area contributed by atoms with Crippen LogP contribution in [0.2, 0.25) is 0 Å². The maximum Gasteiger partial charge on any atom is 0.240 e. The molecule has 3 N–H and O–H groups in total. The number of carbonyl (C=O) groups excluding carboxylic acids is 3. The molecule has 4 heterocycles. The lowest BCUT2D eigenvalue weighted by Crippen LogP contribution is -2.55. The molecule has 4 saturated heterocycles. The first kappa shape index (κ1) is 27.5. The molecule has 3 amide bonds. The van der Waals surface area contributed by atoms with E-state index in [1.807, 2.05) is 4.90 Å². The molecule has 1 aromatic carbocycles. The summed E-state index contributed by atoms with van der Waals surface area (Å²) in [5, 5.41) is 24.4. The van der Waals surface area contributed by atoms with Crippen molar-refractivity contribution < 1.29 is 38.5 Å². The second-order valence-electron chi connectivity index (χ2n) is 11.8. The third-order valence-electron chi connectivity index (χ3n) is 8.71. The predicted molar refractivity (Wildman–Crippen MR) is 138 cm³/mol. The van der Waals surface area contributed by atoms with E-state index in [0.717, 1.165) is 18.4 Å². The summed E-state index contributed by atoms with van der Waals surface area (Å²) in [5.74, 6) is -0.872. The molecule has 6 rings (SSSR count). The van der Waals surface area contributed by atoms with E-state index in [1.54, 1.807) is 21.9 Å². The van der Waals surface area contributed by atoms with Gasteiger partial charge >= 0.3 is 0 Å². The second kappa shape index (κ2) is 11.3. The van der Waals surface area contributed by atoms with Crippen molar-refractivity contribution in [2.24, 2.45) is 5.92 Å². The van der Waals surface area contributed by atoms with Gasteiger partial charge in [-0.2, -0.15) is 0 Å². The van der Waals surface area contributed by atoms with Gasteiger partial charge < -0.3 is 34.8 Å². The Labute approximate surface area is 232 Å². The molecule has 11 nitrogen and oxygen atoms in total. The largest absolute Gasteiger partial charge is 0.388 e. The van der Waals surface area contributed by atoms with Crippen molar-refractivity contribution >= 4 is 17.7 Å². The molecule has 1 aliphatic carbocycles. The van der Waals surface area contributed by atoms with E-state index in [9.17, 15) is 29.0 Å². The van der Waals surface area contributed by atoms with Crippen LogP contribution in [0.1, 0.15) is 31.2 Å². The van der Waals surface area contributed by atoms with Crippen molar-refractivity contribution in [2.45, 2.75) is 74.8 Å². The molecule has 0 radical (unpaired) electrons. The van der Waals surface area contributed by atoms with Crippen molar-refractivity contribution in [2.75, 3.05) is 39.3 Å². The first-order valence-electron chi connectivity index (χ1n) is 14.2. The zero-order valence-electron chi connectivity index (χ0n) is 22.4. The number of carbonyl (C=O) groups is 3. The molecule has 4 aliphatic heterocycles. The highest BCUT2D eigenvalue weighted by atomic mass is 19.1. The number of amides is 3. The monoisotopic (exact) mass is 560 g/mol. The average molecular weight is 561 g/mol. The molecule has 12 heteroatoms. The molecule has 5 aliphatic rings. The third-order valence-corrected chi connectivity index (χ3v) is 8.71. The fraction of sp³-hybridized carbons (Fsp3) is 0.679. The topological polar surface area (TPSA) is 132 Å². The quantitative estimate of drug-likeness (QED) is 0.440. The summed E-state index contributed by atoms with van der Waals surface area (Å²) in [6.45, 7) is 2.20. The Balaban J connectivity index is 1.26. The van der Waals surface area contributed by atoms with E-state index >= 15 is 0 Å². The molecule has 0 spiro atoms. The van der Waals surface area contributed by atoms with E-state index in [-0.39, 0.29) is 55.0 Å². The summed E-state index contributed by atoms with van der Waals surface area (Å²) in [7, 11) is 0. The molecule has 218 valence electrons. The number of likely N-dealkylation sites (tertiary alicyclic amines) is 1. The van der Waals surface area contributed by atoms with Gasteiger partial charge in [0.15, 0.2) is 0 Å². The minimum atomic E-state index is -1.27. The number of ether oxygens (including phenoxy) is 2. The van der Waals surface area contributed by atoms with Crippen molar-refractivity contribution in [3.05, 3.63) is 35.6 Å². The highest BCUT2D eigenvalue weighted by Crippen LogP contribution is 2.33. The van der Waals surface area contributed by atoms with Crippen LogP contribution in [0.4, 0.5) is 4.39 Å². The van der Waals surface area contributed by atoms with Gasteiger partial charge in [-0.25, -0.2) is 4.39 Å². The zero-order chi connectivity index (χ0) is 28.0. The molecule has 0 unspecified atom stereocenters. The molecular weight excluding hydrogens is 523 g/mol. The standard InChI is InChI=1S/C28H37FN4O7/c29-18-5-1-16(2-6-18)11-32-12-19-9-21(32)28(38)31-7-8-39-20(13-31)14-33(27(37)17-3-4-17)15-23-26(36)25(35)22(40-23)10-24(34)30-19/h1-2,5-6,17,19-23,25-26,35-36H,3-4,7-15H2,(H,30,34)/t19-,20-,21-,22-,23+,25-,26+/m0/s1. The minimum absolute atomic E-state index is 0.0521. The van der Waals surface area contributed by atoms with Crippen LogP contribution < -0.4 is 5.32 Å². The number of fused-ring (bicyclic) bond motifs is 6. The van der Waals surface area contributed by atoms with Gasteiger partial charge in [-0.15, -0.1) is 0 Å². The highest BCUT2D eigenvalue weighted by molar-refractivity contribution is 5.83. The van der Waals surface area contributed by atoms with Crippen LogP contribution in [0.15, 0.2) is 24.3 Å². The fourth-order valence-corrected chi connectivity index (χ4v) is 6.43. The van der Waals surface area contributed by atoms with Crippen molar-refractivity contribution in [1.29, 1.82) is 0 Å². The summed E-state index contributed by atoms with van der Waals surface area (Å²) >= 11 is 0. The summed E-state index contributed by atoms with van der Waals surface area (Å²) in [6, 6.07) is 5.35. The van der Waals surface area contributed by atoms with Crippen molar-refractivity contribution in [3.8, 4) is 0 Å². The van der Waals surface area contributed by atoms with Crippen LogP contribution in [-0.2, 0) is 30.4 Å². The van der Waals surface area contributed by atoms with Crippen LogP contribution in [0.3, 0.4) is 0 Å². The Hall–Kier alpha value is -2.64. The number of benzene rings is 1. The maximum atomic E-state index is 13.9. The number of hydrogen-bond donors (Lipinski definition) is 3. The van der Waals surface area contributed by atoms with Gasteiger partial charge in [-0.1, -0.05) is 12.1 Å². The SMILES string of the molecule is O=C1C[C@@H]2O[C@H](CN(C(=O)C3CC3)C[C@@H]3CN(CCO3)C(=O)[C@@H]3C[C@@H](CN3Cc3ccc(F)cc3)N1)[C@@H](O)[C@H]2O. The Morgan fingerprint density at radius 2 is 1.77 bits per heavy atom. The normalized spacial score (nSPS) is 35.6. The summed E-state index contributed by atoms with van der Waals surface area (Å²) in [6.07, 6.45) is -2.82. The number of nitrogens with zero attached hydrogens (tertiary/aromatic N) is 3. The fourth-order valence-electron chi connectivity index (χ4n) is 6.43. The Morgan fingerprint density at radius 1 is 1.02 bits per heavy atom. The highest BCUT2D eigenvalue weighted by Gasteiger charge is 2.47. The van der Waals surface area contributed by atoms with Gasteiger partial charge in [0.25, 0.3) is 0 Å². The number of aliphatic hydroxyl groups excluding tert-OH is 2. The molecule has 1 aromatic rings. The molecule has 0 aromatic heterocycles. The van der Waals surface area contributed by atoms with Gasteiger partial charge in [0.2, 0.25) is 17.7 Å². The predicted octanol–water partition coefficient (Wildman–Crippen LogP) is -0.756. The van der Waals surface area contributed by atoms with Crippen molar-refractivity contribution in [3.63, 3.8) is 0 Å². The maximum absolute atomic E-state index is 13.9. The number of halogens is 1. The molecule has 1 saturated carbocycles. The number of aliphatic hydroxyl groups is 2.